The molecule has 0 bridgehead atoms. The van der Waals surface area contributed by atoms with E-state index in [0.29, 0.717) is 0 Å². The van der Waals surface area contributed by atoms with E-state index >= 15 is 0 Å². The van der Waals surface area contributed by atoms with Crippen molar-refractivity contribution < 1.29 is 8.78 Å². The fraction of sp³-hybridized carbons (Fsp3) is 0.214. The van der Waals surface area contributed by atoms with Crippen LogP contribution in [0.1, 0.15) is 22.7 Å². The van der Waals surface area contributed by atoms with Gasteiger partial charge in [0.1, 0.15) is 11.6 Å². The summed E-state index contributed by atoms with van der Waals surface area (Å²) in [6.07, 6.45) is 3.58. The lowest BCUT2D eigenvalue weighted by Crippen LogP contribution is -2.15. The number of rotatable bonds is 3. The van der Waals surface area contributed by atoms with Crippen molar-refractivity contribution in [3.63, 3.8) is 0 Å². The van der Waals surface area contributed by atoms with Crippen LogP contribution >= 0.6 is 0 Å². The minimum absolute atomic E-state index is 0.246. The van der Waals surface area contributed by atoms with Crippen molar-refractivity contribution >= 4 is 0 Å². The van der Waals surface area contributed by atoms with Crippen molar-refractivity contribution in [2.75, 3.05) is 0 Å². The number of aryl methyl sites for hydroxylation is 1. The Labute approximate surface area is 104 Å². The molecule has 0 saturated heterocycles. The Bertz CT molecular complexity index is 555. The second-order valence-electron chi connectivity index (χ2n) is 4.28. The third-order valence-electron chi connectivity index (χ3n) is 2.93. The second kappa shape index (κ2) is 5.23. The van der Waals surface area contributed by atoms with E-state index in [-0.39, 0.29) is 12.0 Å². The van der Waals surface area contributed by atoms with E-state index in [1.54, 1.807) is 12.4 Å². The molecule has 0 spiro atoms. The van der Waals surface area contributed by atoms with Gasteiger partial charge in [-0.2, -0.15) is 0 Å². The minimum atomic E-state index is -0.457. The summed E-state index contributed by atoms with van der Waals surface area (Å²) in [5.41, 5.74) is 8.14. The maximum Gasteiger partial charge on any atom is 0.126 e. The molecule has 1 atom stereocenters. The van der Waals surface area contributed by atoms with Crippen LogP contribution in [0.25, 0.3) is 0 Å². The Morgan fingerprint density at radius 3 is 2.78 bits per heavy atom. The number of aromatic nitrogens is 1. The van der Waals surface area contributed by atoms with Crippen molar-refractivity contribution in [3.8, 4) is 0 Å². The van der Waals surface area contributed by atoms with Crippen molar-refractivity contribution in [3.05, 3.63) is 65.0 Å². The molecule has 0 aliphatic carbocycles. The number of halogens is 2. The van der Waals surface area contributed by atoms with E-state index in [2.05, 4.69) is 4.98 Å². The molecule has 2 rings (SSSR count). The quantitative estimate of drug-likeness (QED) is 0.907. The van der Waals surface area contributed by atoms with Gasteiger partial charge in [-0.1, -0.05) is 0 Å². The molecule has 1 unspecified atom stereocenters. The average Bonchev–Trinajstić information content (AvgIpc) is 2.34. The third-order valence-corrected chi connectivity index (χ3v) is 2.93. The molecule has 2 aromatic rings. The van der Waals surface area contributed by atoms with Gasteiger partial charge in [0.25, 0.3) is 0 Å². The van der Waals surface area contributed by atoms with Crippen molar-refractivity contribution in [1.82, 2.24) is 4.98 Å². The molecule has 94 valence electrons. The van der Waals surface area contributed by atoms with Gasteiger partial charge in [0.2, 0.25) is 0 Å². The normalized spacial score (nSPS) is 12.4. The minimum Gasteiger partial charge on any atom is -0.324 e. The lowest BCUT2D eigenvalue weighted by atomic mass is 9.97. The van der Waals surface area contributed by atoms with E-state index in [9.17, 15) is 8.78 Å². The van der Waals surface area contributed by atoms with Crippen molar-refractivity contribution in [1.29, 1.82) is 0 Å². The van der Waals surface area contributed by atoms with Crippen LogP contribution in [0.2, 0.25) is 0 Å². The molecule has 0 radical (unpaired) electrons. The van der Waals surface area contributed by atoms with E-state index < -0.39 is 17.7 Å². The molecule has 1 heterocycles. The first kappa shape index (κ1) is 12.6. The van der Waals surface area contributed by atoms with Crippen LogP contribution in [-0.2, 0) is 6.42 Å². The Morgan fingerprint density at radius 1 is 1.28 bits per heavy atom. The van der Waals surface area contributed by atoms with Crippen LogP contribution in [0.15, 0.2) is 36.7 Å². The highest BCUT2D eigenvalue weighted by Gasteiger charge is 2.13. The van der Waals surface area contributed by atoms with Gasteiger partial charge in [0.15, 0.2) is 0 Å². The molecule has 1 aromatic heterocycles. The van der Waals surface area contributed by atoms with Crippen LogP contribution in [0.3, 0.4) is 0 Å². The maximum absolute atomic E-state index is 13.5. The van der Waals surface area contributed by atoms with Crippen LogP contribution in [0, 0.1) is 18.6 Å². The second-order valence-corrected chi connectivity index (χ2v) is 4.28. The van der Waals surface area contributed by atoms with Crippen LogP contribution < -0.4 is 5.73 Å². The highest BCUT2D eigenvalue weighted by molar-refractivity contribution is 5.28. The summed E-state index contributed by atoms with van der Waals surface area (Å²) in [7, 11) is 0. The zero-order chi connectivity index (χ0) is 13.1. The highest BCUT2D eigenvalue weighted by Crippen LogP contribution is 2.20. The van der Waals surface area contributed by atoms with Crippen molar-refractivity contribution in [2.24, 2.45) is 5.73 Å². The summed E-state index contributed by atoms with van der Waals surface area (Å²) in [5, 5.41) is 0. The molecule has 18 heavy (non-hydrogen) atoms. The Hall–Kier alpha value is -1.81. The average molecular weight is 248 g/mol. The van der Waals surface area contributed by atoms with E-state index in [4.69, 9.17) is 5.73 Å². The zero-order valence-electron chi connectivity index (χ0n) is 10.0. The summed E-state index contributed by atoms with van der Waals surface area (Å²) in [6, 6.07) is 4.85. The van der Waals surface area contributed by atoms with Crippen LogP contribution in [0.5, 0.6) is 0 Å². The predicted octanol–water partition coefficient (Wildman–Crippen LogP) is 2.91. The van der Waals surface area contributed by atoms with E-state index in [0.717, 1.165) is 23.3 Å². The highest BCUT2D eigenvalue weighted by atomic mass is 19.1. The first-order chi connectivity index (χ1) is 8.58. The SMILES string of the molecule is Cc1ccncc1C(N)Cc1cc(F)ccc1F. The molecule has 1 aromatic carbocycles. The fourth-order valence-corrected chi connectivity index (χ4v) is 1.91. The van der Waals surface area contributed by atoms with Gasteiger partial charge >= 0.3 is 0 Å². The number of hydrogen-bond donors (Lipinski definition) is 1. The largest absolute Gasteiger partial charge is 0.324 e. The van der Waals surface area contributed by atoms with Gasteiger partial charge in [-0.25, -0.2) is 8.78 Å². The van der Waals surface area contributed by atoms with Gasteiger partial charge in [0.05, 0.1) is 0 Å². The number of benzene rings is 1. The zero-order valence-corrected chi connectivity index (χ0v) is 10.0. The van der Waals surface area contributed by atoms with E-state index in [1.165, 1.54) is 6.07 Å². The lowest BCUT2D eigenvalue weighted by Gasteiger charge is -2.14. The Morgan fingerprint density at radius 2 is 2.06 bits per heavy atom. The molecule has 2 N–H and O–H groups in total. The molecular formula is C14H14F2N2. The number of nitrogens with zero attached hydrogens (tertiary/aromatic N) is 1. The standard InChI is InChI=1S/C14H14F2N2/c1-9-4-5-18-8-12(9)14(17)7-10-6-11(15)2-3-13(10)16/h2-6,8,14H,7,17H2,1H3. The Balaban J connectivity index is 2.24. The number of pyridine rings is 1. The fourth-order valence-electron chi connectivity index (χ4n) is 1.91. The molecule has 4 heteroatoms. The monoisotopic (exact) mass is 248 g/mol. The first-order valence-electron chi connectivity index (χ1n) is 5.68. The maximum atomic E-state index is 13.5. The number of hydrogen-bond acceptors (Lipinski definition) is 2. The Kier molecular flexibility index (Phi) is 3.67. The molecule has 0 aliphatic rings. The van der Waals surface area contributed by atoms with E-state index in [1.807, 2.05) is 13.0 Å². The predicted molar refractivity (Wildman–Crippen MR) is 66.0 cm³/mol. The van der Waals surface area contributed by atoms with Gasteiger partial charge in [-0.3, -0.25) is 4.98 Å². The number of nitrogens with two attached hydrogens (primary N) is 1. The van der Waals surface area contributed by atoms with Crippen LogP contribution in [-0.4, -0.2) is 4.98 Å². The smallest absolute Gasteiger partial charge is 0.126 e. The molecule has 0 fully saturated rings. The summed E-state index contributed by atoms with van der Waals surface area (Å²) < 4.78 is 26.6. The summed E-state index contributed by atoms with van der Waals surface area (Å²) >= 11 is 0. The third kappa shape index (κ3) is 2.71. The van der Waals surface area contributed by atoms with Gasteiger partial charge in [-0.15, -0.1) is 0 Å². The summed E-state index contributed by atoms with van der Waals surface area (Å²) in [6.45, 7) is 1.92. The van der Waals surface area contributed by atoms with Crippen LogP contribution in [0.4, 0.5) is 8.78 Å². The van der Waals surface area contributed by atoms with Gasteiger partial charge < -0.3 is 5.73 Å². The van der Waals surface area contributed by atoms with Crippen molar-refractivity contribution in [2.45, 2.75) is 19.4 Å². The first-order valence-corrected chi connectivity index (χ1v) is 5.68. The topological polar surface area (TPSA) is 38.9 Å². The molecule has 2 nitrogen and oxygen atoms in total. The molecule has 0 aliphatic heterocycles. The summed E-state index contributed by atoms with van der Waals surface area (Å²) in [5.74, 6) is -0.894. The molecule has 0 saturated carbocycles. The summed E-state index contributed by atoms with van der Waals surface area (Å²) in [4.78, 5) is 4.00. The van der Waals surface area contributed by atoms with Gasteiger partial charge in [-0.05, 0) is 54.3 Å². The lowest BCUT2D eigenvalue weighted by molar-refractivity contribution is 0.572. The van der Waals surface area contributed by atoms with Gasteiger partial charge in [0, 0.05) is 18.4 Å². The molecule has 0 amide bonds. The molecular weight excluding hydrogens is 234 g/mol.